The number of hydrogen-bond donors (Lipinski definition) is 2. The van der Waals surface area contributed by atoms with Gasteiger partial charge in [0, 0.05) is 18.0 Å². The van der Waals surface area contributed by atoms with Crippen molar-refractivity contribution in [2.45, 2.75) is 0 Å². The minimum atomic E-state index is -1.11. The summed E-state index contributed by atoms with van der Waals surface area (Å²) in [6, 6.07) is 3.42. The SMILES string of the molecule is O=C(O)c1n[nH]nc1-c1cccnc1. The number of pyridine rings is 1. The molecule has 0 spiro atoms. The van der Waals surface area contributed by atoms with Gasteiger partial charge < -0.3 is 5.11 Å². The van der Waals surface area contributed by atoms with Crippen LogP contribution in [-0.2, 0) is 0 Å². The fourth-order valence-corrected chi connectivity index (χ4v) is 1.08. The molecule has 6 heteroatoms. The van der Waals surface area contributed by atoms with E-state index in [4.69, 9.17) is 5.11 Å². The van der Waals surface area contributed by atoms with Crippen LogP contribution < -0.4 is 0 Å². The molecule has 2 aromatic rings. The summed E-state index contributed by atoms with van der Waals surface area (Å²) in [5, 5.41) is 18.3. The van der Waals surface area contributed by atoms with Crippen LogP contribution in [0.2, 0.25) is 0 Å². The molecule has 0 fully saturated rings. The molecule has 0 aliphatic carbocycles. The number of carboxylic acid groups (broad SMARTS) is 1. The molecule has 2 aromatic heterocycles. The first-order valence-corrected chi connectivity index (χ1v) is 3.83. The van der Waals surface area contributed by atoms with E-state index < -0.39 is 5.97 Å². The van der Waals surface area contributed by atoms with E-state index in [1.807, 2.05) is 0 Å². The van der Waals surface area contributed by atoms with Crippen LogP contribution >= 0.6 is 0 Å². The van der Waals surface area contributed by atoms with Crippen molar-refractivity contribution in [2.75, 3.05) is 0 Å². The molecule has 2 heterocycles. The van der Waals surface area contributed by atoms with Crippen LogP contribution in [-0.4, -0.2) is 31.5 Å². The first-order chi connectivity index (χ1) is 6.79. The standard InChI is InChI=1S/C8H6N4O2/c13-8(14)7-6(10-12-11-7)5-2-1-3-9-4-5/h1-4H,(H,13,14)(H,10,11,12). The molecule has 0 aliphatic heterocycles. The fourth-order valence-electron chi connectivity index (χ4n) is 1.08. The highest BCUT2D eigenvalue weighted by Crippen LogP contribution is 2.17. The van der Waals surface area contributed by atoms with Gasteiger partial charge in [-0.25, -0.2) is 4.79 Å². The van der Waals surface area contributed by atoms with Crippen LogP contribution in [0.25, 0.3) is 11.3 Å². The summed E-state index contributed by atoms with van der Waals surface area (Å²) in [7, 11) is 0. The zero-order chi connectivity index (χ0) is 9.97. The predicted molar refractivity (Wildman–Crippen MR) is 46.6 cm³/mol. The van der Waals surface area contributed by atoms with Crippen LogP contribution in [0.4, 0.5) is 0 Å². The van der Waals surface area contributed by atoms with Crippen molar-refractivity contribution in [3.8, 4) is 11.3 Å². The van der Waals surface area contributed by atoms with Crippen molar-refractivity contribution >= 4 is 5.97 Å². The van der Waals surface area contributed by atoms with Gasteiger partial charge in [-0.15, -0.1) is 5.10 Å². The Morgan fingerprint density at radius 3 is 2.93 bits per heavy atom. The average molecular weight is 190 g/mol. The van der Waals surface area contributed by atoms with Gasteiger partial charge >= 0.3 is 5.97 Å². The van der Waals surface area contributed by atoms with Crippen molar-refractivity contribution < 1.29 is 9.90 Å². The van der Waals surface area contributed by atoms with Crippen LogP contribution in [0.5, 0.6) is 0 Å². The smallest absolute Gasteiger partial charge is 0.358 e. The lowest BCUT2D eigenvalue weighted by Gasteiger charge is -1.94. The summed E-state index contributed by atoms with van der Waals surface area (Å²) < 4.78 is 0. The van der Waals surface area contributed by atoms with Gasteiger partial charge in [-0.3, -0.25) is 4.98 Å². The van der Waals surface area contributed by atoms with E-state index in [0.29, 0.717) is 11.3 Å². The maximum absolute atomic E-state index is 10.7. The molecular weight excluding hydrogens is 184 g/mol. The van der Waals surface area contributed by atoms with E-state index in [2.05, 4.69) is 20.4 Å². The zero-order valence-corrected chi connectivity index (χ0v) is 7.01. The van der Waals surface area contributed by atoms with E-state index in [1.54, 1.807) is 18.3 Å². The summed E-state index contributed by atoms with van der Waals surface area (Å²) >= 11 is 0. The van der Waals surface area contributed by atoms with Gasteiger partial charge in [-0.2, -0.15) is 10.3 Å². The molecular formula is C8H6N4O2. The Hall–Kier alpha value is -2.24. The molecule has 2 N–H and O–H groups in total. The van der Waals surface area contributed by atoms with Gasteiger partial charge in [0.1, 0.15) is 5.69 Å². The maximum atomic E-state index is 10.7. The largest absolute Gasteiger partial charge is 0.476 e. The molecule has 0 saturated heterocycles. The lowest BCUT2D eigenvalue weighted by atomic mass is 10.2. The number of hydrogen-bond acceptors (Lipinski definition) is 4. The first-order valence-electron chi connectivity index (χ1n) is 3.83. The number of carboxylic acids is 1. The first kappa shape index (κ1) is 8.36. The Balaban J connectivity index is 2.52. The van der Waals surface area contributed by atoms with Crippen molar-refractivity contribution in [1.82, 2.24) is 20.4 Å². The summed E-state index contributed by atoms with van der Waals surface area (Å²) in [4.78, 5) is 14.6. The van der Waals surface area contributed by atoms with Gasteiger partial charge in [-0.1, -0.05) is 0 Å². The average Bonchev–Trinajstić information content (AvgIpc) is 2.67. The number of rotatable bonds is 2. The normalized spacial score (nSPS) is 10.0. The molecule has 14 heavy (non-hydrogen) atoms. The number of carbonyl (C=O) groups is 1. The third kappa shape index (κ3) is 1.33. The second kappa shape index (κ2) is 3.25. The van der Waals surface area contributed by atoms with Gasteiger partial charge in [0.15, 0.2) is 5.69 Å². The highest BCUT2D eigenvalue weighted by molar-refractivity contribution is 5.92. The lowest BCUT2D eigenvalue weighted by molar-refractivity contribution is 0.0691. The van der Waals surface area contributed by atoms with Crippen molar-refractivity contribution in [1.29, 1.82) is 0 Å². The van der Waals surface area contributed by atoms with Crippen LogP contribution in [0.1, 0.15) is 10.5 Å². The molecule has 70 valence electrons. The molecule has 6 nitrogen and oxygen atoms in total. The fraction of sp³-hybridized carbons (Fsp3) is 0. The van der Waals surface area contributed by atoms with E-state index in [-0.39, 0.29) is 5.69 Å². The van der Waals surface area contributed by atoms with E-state index >= 15 is 0 Å². The Morgan fingerprint density at radius 2 is 2.29 bits per heavy atom. The minimum Gasteiger partial charge on any atom is -0.476 e. The van der Waals surface area contributed by atoms with Gasteiger partial charge in [0.05, 0.1) is 0 Å². The Bertz CT molecular complexity index is 451. The molecule has 0 amide bonds. The van der Waals surface area contributed by atoms with Gasteiger partial charge in [0.2, 0.25) is 0 Å². The molecule has 0 aliphatic rings. The number of aromatic amines is 1. The van der Waals surface area contributed by atoms with Gasteiger partial charge in [-0.05, 0) is 12.1 Å². The van der Waals surface area contributed by atoms with E-state index in [9.17, 15) is 4.79 Å². The van der Waals surface area contributed by atoms with E-state index in [1.165, 1.54) is 6.20 Å². The molecule has 2 rings (SSSR count). The molecule has 0 unspecified atom stereocenters. The second-order valence-corrected chi connectivity index (χ2v) is 2.57. The highest BCUT2D eigenvalue weighted by atomic mass is 16.4. The number of aromatic carboxylic acids is 1. The predicted octanol–water partition coefficient (Wildman–Crippen LogP) is 0.565. The number of nitrogens with one attached hydrogen (secondary N) is 1. The Labute approximate surface area is 78.6 Å². The van der Waals surface area contributed by atoms with Crippen molar-refractivity contribution in [3.05, 3.63) is 30.2 Å². The van der Waals surface area contributed by atoms with Crippen LogP contribution in [0, 0.1) is 0 Å². The minimum absolute atomic E-state index is 0.0991. The molecule has 0 aromatic carbocycles. The maximum Gasteiger partial charge on any atom is 0.358 e. The number of H-pyrrole nitrogens is 1. The summed E-state index contributed by atoms with van der Waals surface area (Å²) in [6.45, 7) is 0. The third-order valence-corrected chi connectivity index (χ3v) is 1.69. The summed E-state index contributed by atoms with van der Waals surface area (Å²) in [5.74, 6) is -1.11. The molecule has 0 atom stereocenters. The number of nitrogens with zero attached hydrogens (tertiary/aromatic N) is 3. The second-order valence-electron chi connectivity index (χ2n) is 2.57. The third-order valence-electron chi connectivity index (χ3n) is 1.69. The van der Waals surface area contributed by atoms with Crippen molar-refractivity contribution in [2.24, 2.45) is 0 Å². The topological polar surface area (TPSA) is 91.8 Å². The Morgan fingerprint density at radius 1 is 1.43 bits per heavy atom. The molecule has 0 saturated carbocycles. The summed E-state index contributed by atoms with van der Waals surface area (Å²) in [5.41, 5.74) is 0.822. The molecule has 0 radical (unpaired) electrons. The molecule has 0 bridgehead atoms. The lowest BCUT2D eigenvalue weighted by Crippen LogP contribution is -1.99. The monoisotopic (exact) mass is 190 g/mol. The number of aromatic nitrogens is 4. The quantitative estimate of drug-likeness (QED) is 0.722. The van der Waals surface area contributed by atoms with E-state index in [0.717, 1.165) is 0 Å². The van der Waals surface area contributed by atoms with Gasteiger partial charge in [0.25, 0.3) is 0 Å². The van der Waals surface area contributed by atoms with Crippen LogP contribution in [0.15, 0.2) is 24.5 Å². The summed E-state index contributed by atoms with van der Waals surface area (Å²) in [6.07, 6.45) is 3.13. The van der Waals surface area contributed by atoms with Crippen molar-refractivity contribution in [3.63, 3.8) is 0 Å². The highest BCUT2D eigenvalue weighted by Gasteiger charge is 2.16. The zero-order valence-electron chi connectivity index (χ0n) is 7.01. The van der Waals surface area contributed by atoms with Crippen LogP contribution in [0.3, 0.4) is 0 Å². The Kier molecular flexibility index (Phi) is 1.94.